The Kier molecular flexibility index (Phi) is 3.06. The summed E-state index contributed by atoms with van der Waals surface area (Å²) in [7, 11) is 0. The molecule has 0 saturated heterocycles. The molecule has 1 aromatic rings. The van der Waals surface area contributed by atoms with Crippen LogP contribution in [0.4, 0.5) is 17.6 Å². The normalized spacial score (nSPS) is 11.6. The first-order chi connectivity index (χ1) is 6.29. The lowest BCUT2D eigenvalue weighted by Crippen LogP contribution is -2.18. The summed E-state index contributed by atoms with van der Waals surface area (Å²) in [5.41, 5.74) is 0. The van der Waals surface area contributed by atoms with Gasteiger partial charge in [0.1, 0.15) is 5.15 Å². The molecule has 0 aliphatic rings. The largest absolute Gasteiger partial charge is 0.573 e. The Balaban J connectivity index is 3.09. The van der Waals surface area contributed by atoms with Crippen molar-refractivity contribution in [1.29, 1.82) is 0 Å². The second-order valence-corrected chi connectivity index (χ2v) is 2.84. The third kappa shape index (κ3) is 2.88. The Morgan fingerprint density at radius 3 is 2.36 bits per heavy atom. The summed E-state index contributed by atoms with van der Waals surface area (Å²) in [5, 5.41) is -1.17. The number of pyridine rings is 1. The van der Waals surface area contributed by atoms with Crippen molar-refractivity contribution in [2.45, 2.75) is 6.36 Å². The van der Waals surface area contributed by atoms with Crippen LogP contribution in [0.5, 0.6) is 5.75 Å². The standard InChI is InChI=1S/C6HCl2F4NO/c7-3-1-2(14-6(10,11)12)4(9)5(8)13-3/h1H. The fourth-order valence-corrected chi connectivity index (χ4v) is 1.06. The van der Waals surface area contributed by atoms with Crippen LogP contribution in [0.3, 0.4) is 0 Å². The van der Waals surface area contributed by atoms with Crippen molar-refractivity contribution in [3.63, 3.8) is 0 Å². The quantitative estimate of drug-likeness (QED) is 0.562. The molecule has 0 bridgehead atoms. The third-order valence-corrected chi connectivity index (χ3v) is 1.52. The van der Waals surface area contributed by atoms with E-state index in [9.17, 15) is 17.6 Å². The molecule has 0 aliphatic carbocycles. The van der Waals surface area contributed by atoms with E-state index < -0.39 is 28.2 Å². The Labute approximate surface area is 85.4 Å². The number of nitrogens with zero attached hydrogens (tertiary/aromatic N) is 1. The van der Waals surface area contributed by atoms with Gasteiger partial charge in [0.05, 0.1) is 0 Å². The Bertz CT molecular complexity index is 354. The topological polar surface area (TPSA) is 22.1 Å². The van der Waals surface area contributed by atoms with Crippen molar-refractivity contribution >= 4 is 23.2 Å². The van der Waals surface area contributed by atoms with E-state index >= 15 is 0 Å². The SMILES string of the molecule is Fc1c(OC(F)(F)F)cc(Cl)nc1Cl. The molecule has 1 heterocycles. The minimum atomic E-state index is -5.01. The summed E-state index contributed by atoms with van der Waals surface area (Å²) in [6, 6.07) is 0.580. The van der Waals surface area contributed by atoms with Crippen molar-refractivity contribution in [3.8, 4) is 5.75 Å². The monoisotopic (exact) mass is 249 g/mol. The zero-order valence-corrected chi connectivity index (χ0v) is 7.71. The minimum Gasteiger partial charge on any atom is -0.402 e. The molecule has 8 heteroatoms. The highest BCUT2D eigenvalue weighted by molar-refractivity contribution is 6.32. The average molecular weight is 250 g/mol. The molecule has 0 atom stereocenters. The van der Waals surface area contributed by atoms with E-state index in [1.165, 1.54) is 0 Å². The van der Waals surface area contributed by atoms with E-state index in [0.717, 1.165) is 0 Å². The van der Waals surface area contributed by atoms with Gasteiger partial charge in [-0.15, -0.1) is 13.2 Å². The summed E-state index contributed by atoms with van der Waals surface area (Å²) in [5.74, 6) is -2.52. The van der Waals surface area contributed by atoms with Crippen LogP contribution >= 0.6 is 23.2 Å². The molecular formula is C6HCl2F4NO. The van der Waals surface area contributed by atoms with Gasteiger partial charge < -0.3 is 4.74 Å². The van der Waals surface area contributed by atoms with E-state index in [1.54, 1.807) is 0 Å². The summed E-state index contributed by atoms with van der Waals surface area (Å²) >= 11 is 10.4. The summed E-state index contributed by atoms with van der Waals surface area (Å²) < 4.78 is 51.2. The lowest BCUT2D eigenvalue weighted by molar-refractivity contribution is -0.275. The van der Waals surface area contributed by atoms with Gasteiger partial charge >= 0.3 is 6.36 Å². The van der Waals surface area contributed by atoms with Gasteiger partial charge in [-0.25, -0.2) is 4.98 Å². The predicted molar refractivity (Wildman–Crippen MR) is 40.9 cm³/mol. The minimum absolute atomic E-state index is 0.393. The molecule has 78 valence electrons. The van der Waals surface area contributed by atoms with Gasteiger partial charge in [-0.05, 0) is 0 Å². The second-order valence-electron chi connectivity index (χ2n) is 2.10. The molecule has 2 nitrogen and oxygen atoms in total. The van der Waals surface area contributed by atoms with Crippen molar-refractivity contribution in [2.75, 3.05) is 0 Å². The molecule has 0 saturated carbocycles. The van der Waals surface area contributed by atoms with Crippen molar-refractivity contribution in [3.05, 3.63) is 22.2 Å². The second kappa shape index (κ2) is 3.78. The maximum atomic E-state index is 12.8. The van der Waals surface area contributed by atoms with Crippen LogP contribution in [0, 0.1) is 5.82 Å². The van der Waals surface area contributed by atoms with E-state index in [-0.39, 0.29) is 0 Å². The van der Waals surface area contributed by atoms with Gasteiger partial charge in [0.2, 0.25) is 5.82 Å². The van der Waals surface area contributed by atoms with Gasteiger partial charge in [-0.3, -0.25) is 0 Å². The molecule has 0 spiro atoms. The van der Waals surface area contributed by atoms with Crippen molar-refractivity contribution in [1.82, 2.24) is 4.98 Å². The molecule has 1 rings (SSSR count). The number of hydrogen-bond acceptors (Lipinski definition) is 2. The zero-order valence-electron chi connectivity index (χ0n) is 6.20. The number of hydrogen-bond donors (Lipinski definition) is 0. The number of alkyl halides is 3. The van der Waals surface area contributed by atoms with Crippen LogP contribution in [0.15, 0.2) is 6.07 Å². The first-order valence-corrected chi connectivity index (χ1v) is 3.82. The van der Waals surface area contributed by atoms with Gasteiger partial charge in [-0.1, -0.05) is 23.2 Å². The zero-order chi connectivity index (χ0) is 10.9. The lowest BCUT2D eigenvalue weighted by atomic mass is 10.4. The molecule has 14 heavy (non-hydrogen) atoms. The van der Waals surface area contributed by atoms with Crippen LogP contribution in [0.1, 0.15) is 0 Å². The van der Waals surface area contributed by atoms with Crippen LogP contribution in [-0.4, -0.2) is 11.3 Å². The number of rotatable bonds is 1. The number of halogens is 6. The molecule has 1 aromatic heterocycles. The first kappa shape index (κ1) is 11.3. The Morgan fingerprint density at radius 2 is 1.86 bits per heavy atom. The highest BCUT2D eigenvalue weighted by Crippen LogP contribution is 2.30. The molecule has 0 N–H and O–H groups in total. The van der Waals surface area contributed by atoms with Crippen LogP contribution in [0.25, 0.3) is 0 Å². The van der Waals surface area contributed by atoms with Crippen molar-refractivity contribution < 1.29 is 22.3 Å². The predicted octanol–water partition coefficient (Wildman–Crippen LogP) is 3.43. The Morgan fingerprint density at radius 1 is 1.29 bits per heavy atom. The highest BCUT2D eigenvalue weighted by atomic mass is 35.5. The van der Waals surface area contributed by atoms with E-state index in [0.29, 0.717) is 6.07 Å². The fraction of sp³-hybridized carbons (Fsp3) is 0.167. The van der Waals surface area contributed by atoms with Crippen LogP contribution in [0.2, 0.25) is 10.3 Å². The maximum Gasteiger partial charge on any atom is 0.573 e. The maximum absolute atomic E-state index is 12.8. The Hall–Kier alpha value is -0.750. The lowest BCUT2D eigenvalue weighted by Gasteiger charge is -2.09. The summed E-state index contributed by atoms with van der Waals surface area (Å²) in [6.07, 6.45) is -5.01. The van der Waals surface area contributed by atoms with Gasteiger partial charge in [0, 0.05) is 6.07 Å². The van der Waals surface area contributed by atoms with Crippen LogP contribution < -0.4 is 4.74 Å². The van der Waals surface area contributed by atoms with E-state index in [2.05, 4.69) is 9.72 Å². The molecule has 0 aromatic carbocycles. The summed E-state index contributed by atoms with van der Waals surface area (Å²) in [6.45, 7) is 0. The van der Waals surface area contributed by atoms with E-state index in [4.69, 9.17) is 23.2 Å². The highest BCUT2D eigenvalue weighted by Gasteiger charge is 2.33. The molecular weight excluding hydrogens is 249 g/mol. The van der Waals surface area contributed by atoms with E-state index in [1.807, 2.05) is 0 Å². The number of ether oxygens (including phenoxy) is 1. The van der Waals surface area contributed by atoms with Crippen LogP contribution in [-0.2, 0) is 0 Å². The van der Waals surface area contributed by atoms with Gasteiger partial charge in [0.15, 0.2) is 10.9 Å². The molecule has 0 amide bonds. The van der Waals surface area contributed by atoms with Gasteiger partial charge in [-0.2, -0.15) is 4.39 Å². The summed E-state index contributed by atoms with van der Waals surface area (Å²) in [4.78, 5) is 3.17. The number of aromatic nitrogens is 1. The smallest absolute Gasteiger partial charge is 0.402 e. The molecule has 0 radical (unpaired) electrons. The fourth-order valence-electron chi connectivity index (χ4n) is 0.647. The molecule has 0 unspecified atom stereocenters. The first-order valence-electron chi connectivity index (χ1n) is 3.07. The average Bonchev–Trinajstić information content (AvgIpc) is 1.96. The third-order valence-electron chi connectivity index (χ3n) is 1.08. The molecule has 0 aliphatic heterocycles. The molecule has 0 fully saturated rings. The van der Waals surface area contributed by atoms with Gasteiger partial charge in [0.25, 0.3) is 0 Å². The van der Waals surface area contributed by atoms with Crippen molar-refractivity contribution in [2.24, 2.45) is 0 Å².